The standard InChI is InChI=1S/C19H12F3N3O2S/c20-19(21,22)17(26)16-11-9-27-13-7-3-1-5-10(13)15(11)24-25(16)18-23-12-6-2-4-8-14(12)28-18/h1-8,11,16H,9H2/t11-,16+/m0/s1. The van der Waals surface area contributed by atoms with Crippen LogP contribution in [0.5, 0.6) is 5.75 Å². The van der Waals surface area contributed by atoms with Crippen LogP contribution in [0.4, 0.5) is 18.3 Å². The van der Waals surface area contributed by atoms with E-state index in [0.29, 0.717) is 22.5 Å². The van der Waals surface area contributed by atoms with Crippen LogP contribution in [-0.2, 0) is 4.79 Å². The molecule has 5 nitrogen and oxygen atoms in total. The van der Waals surface area contributed by atoms with Crippen LogP contribution in [0.15, 0.2) is 53.6 Å². The number of halogens is 3. The molecule has 0 saturated carbocycles. The van der Waals surface area contributed by atoms with Gasteiger partial charge in [-0.25, -0.2) is 9.99 Å². The average molecular weight is 403 g/mol. The Bertz CT molecular complexity index is 1090. The summed E-state index contributed by atoms with van der Waals surface area (Å²) in [5.74, 6) is -2.13. The minimum Gasteiger partial charge on any atom is -0.492 e. The monoisotopic (exact) mass is 403 g/mol. The molecule has 3 heterocycles. The first-order valence-corrected chi connectivity index (χ1v) is 9.31. The van der Waals surface area contributed by atoms with Gasteiger partial charge in [0, 0.05) is 5.56 Å². The van der Waals surface area contributed by atoms with Crippen LogP contribution < -0.4 is 9.75 Å². The Morgan fingerprint density at radius 3 is 2.68 bits per heavy atom. The molecule has 0 bridgehead atoms. The number of ketones is 1. The molecule has 0 saturated heterocycles. The van der Waals surface area contributed by atoms with Gasteiger partial charge in [0.25, 0.3) is 5.78 Å². The molecule has 0 spiro atoms. The Hall–Kier alpha value is -2.94. The number of ether oxygens (including phenoxy) is 1. The van der Waals surface area contributed by atoms with Crippen molar-refractivity contribution in [1.29, 1.82) is 0 Å². The van der Waals surface area contributed by atoms with Gasteiger partial charge >= 0.3 is 6.18 Å². The van der Waals surface area contributed by atoms with Crippen LogP contribution in [0.25, 0.3) is 10.2 Å². The molecular formula is C19H12F3N3O2S. The maximum absolute atomic E-state index is 13.4. The maximum Gasteiger partial charge on any atom is 0.452 e. The van der Waals surface area contributed by atoms with Crippen LogP contribution in [0.1, 0.15) is 5.56 Å². The first kappa shape index (κ1) is 17.2. The lowest BCUT2D eigenvalue weighted by Gasteiger charge is -2.28. The van der Waals surface area contributed by atoms with Gasteiger partial charge in [0.05, 0.1) is 28.5 Å². The SMILES string of the molecule is O=C([C@H]1[C@H]2COc3ccccc3C2=NN1c1nc2ccccc2s1)C(F)(F)F. The zero-order valence-electron chi connectivity index (χ0n) is 14.2. The van der Waals surface area contributed by atoms with Crippen LogP contribution in [0, 0.1) is 5.92 Å². The molecule has 5 rings (SSSR count). The zero-order chi connectivity index (χ0) is 19.5. The predicted octanol–water partition coefficient (Wildman–Crippen LogP) is 4.03. The molecule has 0 fully saturated rings. The Morgan fingerprint density at radius 1 is 1.14 bits per heavy atom. The molecule has 2 aliphatic rings. The van der Waals surface area contributed by atoms with Crippen molar-refractivity contribution in [2.24, 2.45) is 11.0 Å². The molecule has 9 heteroatoms. The van der Waals surface area contributed by atoms with Crippen molar-refractivity contribution in [2.75, 3.05) is 11.6 Å². The summed E-state index contributed by atoms with van der Waals surface area (Å²) in [7, 11) is 0. The number of fused-ring (bicyclic) bond motifs is 4. The van der Waals surface area contributed by atoms with E-state index in [1.807, 2.05) is 12.1 Å². The number of para-hydroxylation sites is 2. The van der Waals surface area contributed by atoms with E-state index in [2.05, 4.69) is 10.1 Å². The molecule has 0 unspecified atom stereocenters. The molecule has 3 aromatic rings. The smallest absolute Gasteiger partial charge is 0.452 e. The van der Waals surface area contributed by atoms with Gasteiger partial charge in [0.2, 0.25) is 5.13 Å². The number of anilines is 1. The molecule has 28 heavy (non-hydrogen) atoms. The summed E-state index contributed by atoms with van der Waals surface area (Å²) in [5.41, 5.74) is 1.67. The molecule has 1 aromatic heterocycles. The van der Waals surface area contributed by atoms with Gasteiger partial charge in [-0.15, -0.1) is 0 Å². The second-order valence-electron chi connectivity index (χ2n) is 6.51. The van der Waals surface area contributed by atoms with E-state index >= 15 is 0 Å². The largest absolute Gasteiger partial charge is 0.492 e. The second-order valence-corrected chi connectivity index (χ2v) is 7.52. The van der Waals surface area contributed by atoms with Gasteiger partial charge in [-0.1, -0.05) is 35.6 Å². The average Bonchev–Trinajstić information content (AvgIpc) is 3.27. The number of aromatic nitrogens is 1. The lowest BCUT2D eigenvalue weighted by Crippen LogP contribution is -2.49. The quantitative estimate of drug-likeness (QED) is 0.648. The Balaban J connectivity index is 1.66. The number of benzene rings is 2. The van der Waals surface area contributed by atoms with Crippen molar-refractivity contribution < 1.29 is 22.7 Å². The summed E-state index contributed by atoms with van der Waals surface area (Å²) < 4.78 is 46.5. The number of hydrogen-bond acceptors (Lipinski definition) is 6. The maximum atomic E-state index is 13.4. The van der Waals surface area contributed by atoms with Crippen LogP contribution in [0.2, 0.25) is 0 Å². The van der Waals surface area contributed by atoms with Crippen molar-refractivity contribution in [1.82, 2.24) is 4.98 Å². The second kappa shape index (κ2) is 6.03. The highest BCUT2D eigenvalue weighted by molar-refractivity contribution is 7.22. The Labute approximate surface area is 161 Å². The third-order valence-electron chi connectivity index (χ3n) is 4.82. The van der Waals surface area contributed by atoms with Crippen molar-refractivity contribution in [3.63, 3.8) is 0 Å². The lowest BCUT2D eigenvalue weighted by molar-refractivity contribution is -0.173. The van der Waals surface area contributed by atoms with E-state index in [1.54, 1.807) is 36.4 Å². The first-order chi connectivity index (χ1) is 13.4. The summed E-state index contributed by atoms with van der Waals surface area (Å²) in [6.07, 6.45) is -4.98. The minimum absolute atomic E-state index is 0.0519. The van der Waals surface area contributed by atoms with E-state index in [1.165, 1.54) is 11.3 Å². The number of rotatable bonds is 2. The molecule has 2 aliphatic heterocycles. The summed E-state index contributed by atoms with van der Waals surface area (Å²) in [6.45, 7) is -0.0519. The normalized spacial score (nSPS) is 21.1. The third kappa shape index (κ3) is 2.57. The molecule has 0 N–H and O–H groups in total. The van der Waals surface area contributed by atoms with Gasteiger partial charge in [-0.05, 0) is 24.3 Å². The fraction of sp³-hybridized carbons (Fsp3) is 0.211. The molecule has 0 aliphatic carbocycles. The highest BCUT2D eigenvalue weighted by Gasteiger charge is 2.55. The van der Waals surface area contributed by atoms with E-state index in [9.17, 15) is 18.0 Å². The van der Waals surface area contributed by atoms with Gasteiger partial charge in [0.15, 0.2) is 0 Å². The molecular weight excluding hydrogens is 391 g/mol. The number of thiazole rings is 1. The van der Waals surface area contributed by atoms with Crippen molar-refractivity contribution >= 4 is 38.2 Å². The number of carbonyl (C=O) groups is 1. The Kier molecular flexibility index (Phi) is 3.70. The highest BCUT2D eigenvalue weighted by Crippen LogP contribution is 2.41. The third-order valence-corrected chi connectivity index (χ3v) is 5.85. The van der Waals surface area contributed by atoms with Gasteiger partial charge < -0.3 is 4.74 Å². The van der Waals surface area contributed by atoms with Gasteiger partial charge in [0.1, 0.15) is 11.8 Å². The molecule has 0 radical (unpaired) electrons. The number of nitrogens with zero attached hydrogens (tertiary/aromatic N) is 3. The van der Waals surface area contributed by atoms with Gasteiger partial charge in [-0.3, -0.25) is 4.79 Å². The minimum atomic E-state index is -4.98. The van der Waals surface area contributed by atoms with E-state index in [-0.39, 0.29) is 11.7 Å². The fourth-order valence-electron chi connectivity index (χ4n) is 3.56. The van der Waals surface area contributed by atoms with Crippen LogP contribution >= 0.6 is 11.3 Å². The highest BCUT2D eigenvalue weighted by atomic mass is 32.1. The number of carbonyl (C=O) groups excluding carboxylic acids is 1. The van der Waals surface area contributed by atoms with E-state index in [4.69, 9.17) is 4.74 Å². The van der Waals surface area contributed by atoms with Crippen LogP contribution in [0.3, 0.4) is 0 Å². The number of alkyl halides is 3. The molecule has 2 atom stereocenters. The molecule has 0 amide bonds. The summed E-state index contributed by atoms with van der Waals surface area (Å²) >= 11 is 1.20. The molecule has 2 aromatic carbocycles. The fourth-order valence-corrected chi connectivity index (χ4v) is 4.51. The number of hydrogen-bond donors (Lipinski definition) is 0. The van der Waals surface area contributed by atoms with Crippen molar-refractivity contribution in [3.8, 4) is 5.75 Å². The van der Waals surface area contributed by atoms with Crippen molar-refractivity contribution in [2.45, 2.75) is 12.2 Å². The van der Waals surface area contributed by atoms with E-state index in [0.717, 1.165) is 9.71 Å². The summed E-state index contributed by atoms with van der Waals surface area (Å²) in [5, 5.41) is 5.80. The van der Waals surface area contributed by atoms with Crippen LogP contribution in [-0.4, -0.2) is 35.3 Å². The predicted molar refractivity (Wildman–Crippen MR) is 98.9 cm³/mol. The van der Waals surface area contributed by atoms with Gasteiger partial charge in [-0.2, -0.15) is 18.3 Å². The summed E-state index contributed by atoms with van der Waals surface area (Å²) in [6, 6.07) is 12.7. The van der Waals surface area contributed by atoms with Crippen molar-refractivity contribution in [3.05, 3.63) is 54.1 Å². The number of Topliss-reactive ketones (excluding diaryl/α,β-unsaturated/α-hetero) is 1. The summed E-state index contributed by atoms with van der Waals surface area (Å²) in [4.78, 5) is 16.7. The first-order valence-electron chi connectivity index (χ1n) is 8.50. The van der Waals surface area contributed by atoms with E-state index < -0.39 is 23.9 Å². The molecule has 142 valence electrons. The topological polar surface area (TPSA) is 54.8 Å². The Morgan fingerprint density at radius 2 is 1.89 bits per heavy atom. The lowest BCUT2D eigenvalue weighted by atomic mass is 9.87. The zero-order valence-corrected chi connectivity index (χ0v) is 15.0. The number of hydrazone groups is 1.